The number of nitrogens with zero attached hydrogens (tertiary/aromatic N) is 2. The first-order valence-electron chi connectivity index (χ1n) is 9.33. The van der Waals surface area contributed by atoms with Gasteiger partial charge < -0.3 is 10.3 Å². The van der Waals surface area contributed by atoms with E-state index >= 15 is 0 Å². The molecule has 1 aliphatic rings. The lowest BCUT2D eigenvalue weighted by Gasteiger charge is -2.29. The van der Waals surface area contributed by atoms with E-state index in [0.29, 0.717) is 23.7 Å². The van der Waals surface area contributed by atoms with E-state index in [0.717, 1.165) is 53.7 Å². The van der Waals surface area contributed by atoms with Gasteiger partial charge in [-0.05, 0) is 61.4 Å². The number of thiol groups is 1. The summed E-state index contributed by atoms with van der Waals surface area (Å²) in [6.45, 7) is 0.527. The molecule has 0 spiro atoms. The van der Waals surface area contributed by atoms with E-state index < -0.39 is 10.9 Å². The van der Waals surface area contributed by atoms with Gasteiger partial charge in [0.1, 0.15) is 16.6 Å². The standard InChI is InChI=1S/C19H22ClN5O2S/c20-17-8-13(16-11-22-19-15(16)2-1-7-21-19)9-18(25-17)24-14-5-3-12(4-6-14)10-23-28(26)27/h1-2,7-9,11-12,14,28H,3-6,10H2,(H,21,22)(H,24,25)(H,23,26,27). The first-order chi connectivity index (χ1) is 13.6. The van der Waals surface area contributed by atoms with E-state index in [-0.39, 0.29) is 0 Å². The van der Waals surface area contributed by atoms with Crippen molar-refractivity contribution in [3.05, 3.63) is 41.8 Å². The summed E-state index contributed by atoms with van der Waals surface area (Å²) in [6, 6.07) is 8.12. The number of hydrogen-bond acceptors (Lipinski definition) is 5. The van der Waals surface area contributed by atoms with Gasteiger partial charge in [-0.1, -0.05) is 11.6 Å². The Kier molecular flexibility index (Phi) is 5.79. The predicted octanol–water partition coefficient (Wildman–Crippen LogP) is 3.37. The average Bonchev–Trinajstić information content (AvgIpc) is 3.11. The maximum absolute atomic E-state index is 10.7. The summed E-state index contributed by atoms with van der Waals surface area (Å²) in [5.41, 5.74) is 2.86. The lowest BCUT2D eigenvalue weighted by molar-refractivity contribution is 0.337. The Hall–Kier alpha value is -2.16. The molecule has 3 aromatic rings. The maximum Gasteiger partial charge on any atom is 0.201 e. The van der Waals surface area contributed by atoms with Crippen LogP contribution in [0.25, 0.3) is 22.2 Å². The molecular weight excluding hydrogens is 398 g/mol. The van der Waals surface area contributed by atoms with Crippen molar-refractivity contribution >= 4 is 39.3 Å². The van der Waals surface area contributed by atoms with Crippen molar-refractivity contribution in [3.63, 3.8) is 0 Å². The normalized spacial score (nSPS) is 19.9. The third kappa shape index (κ3) is 4.45. The summed E-state index contributed by atoms with van der Waals surface area (Å²) < 4.78 is 23.9. The second-order valence-electron chi connectivity index (χ2n) is 7.15. The van der Waals surface area contributed by atoms with Crippen LogP contribution in [0.2, 0.25) is 5.15 Å². The van der Waals surface area contributed by atoms with Crippen LogP contribution in [0.3, 0.4) is 0 Å². The lowest BCUT2D eigenvalue weighted by Crippen LogP contribution is -2.31. The largest absolute Gasteiger partial charge is 0.367 e. The third-order valence-corrected chi connectivity index (χ3v) is 5.90. The first kappa shape index (κ1) is 19.2. The Morgan fingerprint density at radius 2 is 2.04 bits per heavy atom. The molecule has 0 aliphatic heterocycles. The molecule has 3 N–H and O–H groups in total. The van der Waals surface area contributed by atoms with Crippen molar-refractivity contribution in [3.8, 4) is 11.1 Å². The number of aromatic nitrogens is 3. The minimum Gasteiger partial charge on any atom is -0.367 e. The fourth-order valence-electron chi connectivity index (χ4n) is 3.84. The summed E-state index contributed by atoms with van der Waals surface area (Å²) >= 11 is 6.29. The minimum atomic E-state index is -2.51. The first-order valence-corrected chi connectivity index (χ1v) is 10.9. The summed E-state index contributed by atoms with van der Waals surface area (Å²) in [5, 5.41) is 4.98. The molecule has 148 valence electrons. The van der Waals surface area contributed by atoms with Gasteiger partial charge in [0.25, 0.3) is 0 Å². The van der Waals surface area contributed by atoms with E-state index in [1.165, 1.54) is 0 Å². The summed E-state index contributed by atoms with van der Waals surface area (Å²) in [5.74, 6) is 1.15. The Labute approximate surface area is 170 Å². The average molecular weight is 420 g/mol. The van der Waals surface area contributed by atoms with Crippen LogP contribution in [0, 0.1) is 5.92 Å². The maximum atomic E-state index is 10.7. The zero-order chi connectivity index (χ0) is 19.5. The molecule has 0 radical (unpaired) electrons. The highest BCUT2D eigenvalue weighted by atomic mass is 35.5. The number of anilines is 1. The van der Waals surface area contributed by atoms with Gasteiger partial charge in [0, 0.05) is 35.9 Å². The number of rotatable bonds is 6. The molecule has 4 rings (SSSR count). The van der Waals surface area contributed by atoms with Crippen LogP contribution < -0.4 is 10.0 Å². The van der Waals surface area contributed by atoms with Gasteiger partial charge in [-0.25, -0.2) is 23.1 Å². The number of pyridine rings is 2. The van der Waals surface area contributed by atoms with Gasteiger partial charge in [-0.2, -0.15) is 0 Å². The van der Waals surface area contributed by atoms with Crippen molar-refractivity contribution in [2.75, 3.05) is 11.9 Å². The lowest BCUT2D eigenvalue weighted by atomic mass is 9.86. The van der Waals surface area contributed by atoms with Gasteiger partial charge >= 0.3 is 0 Å². The van der Waals surface area contributed by atoms with E-state index in [9.17, 15) is 8.42 Å². The number of halogens is 1. The fourth-order valence-corrected chi connectivity index (χ4v) is 4.46. The summed E-state index contributed by atoms with van der Waals surface area (Å²) in [4.78, 5) is 12.0. The number of H-pyrrole nitrogens is 1. The van der Waals surface area contributed by atoms with Gasteiger partial charge in [-0.15, -0.1) is 0 Å². The molecule has 0 saturated heterocycles. The monoisotopic (exact) mass is 419 g/mol. The number of aromatic amines is 1. The summed E-state index contributed by atoms with van der Waals surface area (Å²) in [7, 11) is -2.51. The predicted molar refractivity (Wildman–Crippen MR) is 112 cm³/mol. The Morgan fingerprint density at radius 3 is 2.82 bits per heavy atom. The van der Waals surface area contributed by atoms with Gasteiger partial charge in [0.2, 0.25) is 10.9 Å². The van der Waals surface area contributed by atoms with Crippen molar-refractivity contribution in [1.29, 1.82) is 0 Å². The number of nitrogens with one attached hydrogen (secondary N) is 3. The molecule has 0 aromatic carbocycles. The van der Waals surface area contributed by atoms with Crippen LogP contribution in [-0.2, 0) is 10.9 Å². The molecule has 3 heterocycles. The molecule has 3 aromatic heterocycles. The topological polar surface area (TPSA) is 99.8 Å². The molecule has 1 saturated carbocycles. The van der Waals surface area contributed by atoms with E-state index in [4.69, 9.17) is 11.6 Å². The summed E-state index contributed by atoms with van der Waals surface area (Å²) in [6.07, 6.45) is 7.61. The van der Waals surface area contributed by atoms with Crippen molar-refractivity contribution < 1.29 is 8.42 Å². The van der Waals surface area contributed by atoms with E-state index in [1.807, 2.05) is 30.5 Å². The molecule has 9 heteroatoms. The molecule has 0 amide bonds. The molecule has 1 aliphatic carbocycles. The second kappa shape index (κ2) is 8.46. The van der Waals surface area contributed by atoms with Crippen LogP contribution in [-0.4, -0.2) is 36.0 Å². The fraction of sp³-hybridized carbons (Fsp3) is 0.368. The number of hydrogen-bond donors (Lipinski definition) is 4. The minimum absolute atomic E-state index is 0.306. The molecular formula is C19H22ClN5O2S. The van der Waals surface area contributed by atoms with Crippen LogP contribution in [0.1, 0.15) is 25.7 Å². The highest BCUT2D eigenvalue weighted by Gasteiger charge is 2.21. The molecule has 0 unspecified atom stereocenters. The van der Waals surface area contributed by atoms with Crippen molar-refractivity contribution in [2.45, 2.75) is 31.7 Å². The quantitative estimate of drug-likeness (QED) is 0.362. The van der Waals surface area contributed by atoms with Gasteiger partial charge in [0.05, 0.1) is 0 Å². The number of fused-ring (bicyclic) bond motifs is 1. The van der Waals surface area contributed by atoms with Crippen molar-refractivity contribution in [2.24, 2.45) is 5.92 Å². The molecule has 0 bridgehead atoms. The third-order valence-electron chi connectivity index (χ3n) is 5.26. The second-order valence-corrected chi connectivity index (χ2v) is 8.36. The highest BCUT2D eigenvalue weighted by Crippen LogP contribution is 2.32. The van der Waals surface area contributed by atoms with Crippen LogP contribution >= 0.6 is 11.6 Å². The van der Waals surface area contributed by atoms with E-state index in [2.05, 4.69) is 25.0 Å². The van der Waals surface area contributed by atoms with Crippen LogP contribution in [0.5, 0.6) is 0 Å². The molecule has 7 nitrogen and oxygen atoms in total. The SMILES string of the molecule is O=[SH](=O)NCC1CCC(Nc2cc(-c3c[nH]c4ncccc34)cc(Cl)n2)CC1. The van der Waals surface area contributed by atoms with Crippen LogP contribution in [0.15, 0.2) is 36.7 Å². The zero-order valence-electron chi connectivity index (χ0n) is 15.2. The van der Waals surface area contributed by atoms with Crippen molar-refractivity contribution in [1.82, 2.24) is 19.7 Å². The highest BCUT2D eigenvalue weighted by molar-refractivity contribution is 7.70. The Morgan fingerprint density at radius 1 is 1.21 bits per heavy atom. The Balaban J connectivity index is 1.46. The Bertz CT molecular complexity index is 1040. The molecule has 28 heavy (non-hydrogen) atoms. The molecule has 0 atom stereocenters. The smallest absolute Gasteiger partial charge is 0.201 e. The van der Waals surface area contributed by atoms with Gasteiger partial charge in [0.15, 0.2) is 0 Å². The zero-order valence-corrected chi connectivity index (χ0v) is 16.8. The van der Waals surface area contributed by atoms with Gasteiger partial charge in [-0.3, -0.25) is 0 Å². The van der Waals surface area contributed by atoms with E-state index in [1.54, 1.807) is 6.20 Å². The molecule has 1 fully saturated rings. The van der Waals surface area contributed by atoms with Crippen LogP contribution in [0.4, 0.5) is 5.82 Å².